The van der Waals surface area contributed by atoms with Crippen LogP contribution in [0.15, 0.2) is 0 Å². The Bertz CT molecular complexity index is 428. The predicted octanol–water partition coefficient (Wildman–Crippen LogP) is 1.49. The molecule has 3 N–H and O–H groups in total. The molecule has 0 unspecified atom stereocenters. The van der Waals surface area contributed by atoms with E-state index < -0.39 is 0 Å². The summed E-state index contributed by atoms with van der Waals surface area (Å²) in [5.41, 5.74) is 5.27. The van der Waals surface area contributed by atoms with Gasteiger partial charge in [-0.2, -0.15) is 0 Å². The molecule has 0 aromatic rings. The smallest absolute Gasteiger partial charge is 0.317 e. The molecule has 1 saturated carbocycles. The molecule has 1 aliphatic carbocycles. The second kappa shape index (κ2) is 6.44. The lowest BCUT2D eigenvalue weighted by Gasteiger charge is -2.52. The maximum atomic E-state index is 12.4. The molecule has 0 radical (unpaired) electrons. The summed E-state index contributed by atoms with van der Waals surface area (Å²) in [5, 5.41) is 3.11. The first kappa shape index (κ1) is 17.1. The summed E-state index contributed by atoms with van der Waals surface area (Å²) < 4.78 is 5.88. The predicted molar refractivity (Wildman–Crippen MR) is 84.2 cm³/mol. The first-order valence-electron chi connectivity index (χ1n) is 8.22. The van der Waals surface area contributed by atoms with Crippen LogP contribution >= 0.6 is 0 Å². The van der Waals surface area contributed by atoms with Crippen LogP contribution in [-0.2, 0) is 9.53 Å². The quantitative estimate of drug-likeness (QED) is 0.825. The normalized spacial score (nSPS) is 28.3. The number of nitrogens with two attached hydrogens (primary N) is 1. The Balaban J connectivity index is 1.80. The van der Waals surface area contributed by atoms with E-state index in [0.29, 0.717) is 25.9 Å². The van der Waals surface area contributed by atoms with E-state index in [1.807, 2.05) is 13.8 Å². The average Bonchev–Trinajstić information content (AvgIpc) is 2.45. The largest absolute Gasteiger partial charge is 0.375 e. The highest BCUT2D eigenvalue weighted by molar-refractivity contribution is 5.78. The Morgan fingerprint density at radius 2 is 1.86 bits per heavy atom. The summed E-state index contributed by atoms with van der Waals surface area (Å²) >= 11 is 0. The van der Waals surface area contributed by atoms with E-state index in [1.165, 1.54) is 0 Å². The average molecular weight is 311 g/mol. The van der Waals surface area contributed by atoms with Crippen LogP contribution in [-0.4, -0.2) is 48.2 Å². The van der Waals surface area contributed by atoms with Crippen molar-refractivity contribution in [2.24, 2.45) is 17.1 Å². The van der Waals surface area contributed by atoms with Crippen LogP contribution in [0.5, 0.6) is 0 Å². The number of carbonyl (C=O) groups excluding carboxylic acids is 2. The van der Waals surface area contributed by atoms with Gasteiger partial charge in [0.2, 0.25) is 5.91 Å². The van der Waals surface area contributed by atoms with Gasteiger partial charge in [0.05, 0.1) is 12.2 Å². The zero-order chi connectivity index (χ0) is 16.5. The van der Waals surface area contributed by atoms with Crippen LogP contribution < -0.4 is 11.1 Å². The van der Waals surface area contributed by atoms with Gasteiger partial charge < -0.3 is 20.7 Å². The number of amides is 3. The van der Waals surface area contributed by atoms with E-state index in [-0.39, 0.29) is 41.5 Å². The molecule has 22 heavy (non-hydrogen) atoms. The van der Waals surface area contributed by atoms with Crippen molar-refractivity contribution in [3.63, 3.8) is 0 Å². The van der Waals surface area contributed by atoms with Gasteiger partial charge >= 0.3 is 6.03 Å². The Morgan fingerprint density at radius 3 is 2.32 bits per heavy atom. The van der Waals surface area contributed by atoms with Crippen LogP contribution in [0.4, 0.5) is 4.79 Å². The summed E-state index contributed by atoms with van der Waals surface area (Å²) in [4.78, 5) is 25.3. The maximum Gasteiger partial charge on any atom is 0.317 e. The molecule has 2 rings (SSSR count). The molecule has 2 aliphatic rings. The number of likely N-dealkylation sites (tertiary alicyclic amines) is 1. The minimum Gasteiger partial charge on any atom is -0.375 e. The molecule has 6 nitrogen and oxygen atoms in total. The molecular formula is C16H29N3O3. The van der Waals surface area contributed by atoms with Gasteiger partial charge in [0.1, 0.15) is 0 Å². The van der Waals surface area contributed by atoms with Crippen molar-refractivity contribution in [3.8, 4) is 0 Å². The molecule has 1 aliphatic heterocycles. The Labute approximate surface area is 132 Å². The van der Waals surface area contributed by atoms with Crippen molar-refractivity contribution in [2.75, 3.05) is 13.1 Å². The van der Waals surface area contributed by atoms with Crippen molar-refractivity contribution in [1.29, 1.82) is 0 Å². The Hall–Kier alpha value is -1.30. The minimum absolute atomic E-state index is 0.0380. The number of piperidine rings is 1. The highest BCUT2D eigenvalue weighted by Crippen LogP contribution is 2.43. The van der Waals surface area contributed by atoms with Gasteiger partial charge in [-0.15, -0.1) is 0 Å². The molecule has 0 aromatic carbocycles. The number of hydrogen-bond donors (Lipinski definition) is 2. The molecule has 6 heteroatoms. The van der Waals surface area contributed by atoms with Crippen LogP contribution in [0.2, 0.25) is 0 Å². The fourth-order valence-electron chi connectivity index (χ4n) is 3.30. The molecule has 2 fully saturated rings. The second-order valence-corrected chi connectivity index (χ2v) is 7.40. The first-order valence-corrected chi connectivity index (χ1v) is 8.22. The number of nitrogens with zero attached hydrogens (tertiary/aromatic N) is 1. The molecule has 2 atom stereocenters. The molecule has 0 bridgehead atoms. The maximum absolute atomic E-state index is 12.4. The molecule has 1 saturated heterocycles. The van der Waals surface area contributed by atoms with Gasteiger partial charge in [-0.05, 0) is 33.1 Å². The Kier molecular flexibility index (Phi) is 5.00. The lowest BCUT2D eigenvalue weighted by Crippen LogP contribution is -2.64. The number of urea groups is 1. The summed E-state index contributed by atoms with van der Waals surface area (Å²) in [6, 6.07) is 0.0987. The third-order valence-corrected chi connectivity index (χ3v) is 5.10. The summed E-state index contributed by atoms with van der Waals surface area (Å²) in [5.74, 6) is -0.345. The summed E-state index contributed by atoms with van der Waals surface area (Å²) in [6.07, 6.45) is 2.58. The standard InChI is InChI=1S/C16H29N3O3/c1-10(2)22-13-9-12(16(13,3)4)18-15(21)19-7-5-11(6-8-19)14(17)20/h10-13H,5-9H2,1-4H3,(H2,17,20)(H,18,21)/t12-,13-/m1/s1. The van der Waals surface area contributed by atoms with Crippen molar-refractivity contribution < 1.29 is 14.3 Å². The van der Waals surface area contributed by atoms with Crippen LogP contribution in [0.25, 0.3) is 0 Å². The Morgan fingerprint density at radius 1 is 1.27 bits per heavy atom. The van der Waals surface area contributed by atoms with E-state index >= 15 is 0 Å². The fraction of sp³-hybridized carbons (Fsp3) is 0.875. The number of primary amides is 1. The van der Waals surface area contributed by atoms with Gasteiger partial charge in [0.25, 0.3) is 0 Å². The van der Waals surface area contributed by atoms with E-state index in [2.05, 4.69) is 19.2 Å². The lowest BCUT2D eigenvalue weighted by molar-refractivity contribution is -0.136. The molecule has 0 spiro atoms. The summed E-state index contributed by atoms with van der Waals surface area (Å²) in [6.45, 7) is 9.52. The number of carbonyl (C=O) groups is 2. The van der Waals surface area contributed by atoms with Crippen molar-refractivity contribution >= 4 is 11.9 Å². The second-order valence-electron chi connectivity index (χ2n) is 7.40. The summed E-state index contributed by atoms with van der Waals surface area (Å²) in [7, 11) is 0. The highest BCUT2D eigenvalue weighted by atomic mass is 16.5. The van der Waals surface area contributed by atoms with E-state index in [0.717, 1.165) is 6.42 Å². The minimum atomic E-state index is -0.256. The van der Waals surface area contributed by atoms with Gasteiger partial charge in [-0.3, -0.25) is 4.79 Å². The lowest BCUT2D eigenvalue weighted by atomic mass is 9.64. The van der Waals surface area contributed by atoms with E-state index in [1.54, 1.807) is 4.90 Å². The first-order chi connectivity index (χ1) is 10.2. The van der Waals surface area contributed by atoms with Gasteiger partial charge in [-0.25, -0.2) is 4.79 Å². The monoisotopic (exact) mass is 311 g/mol. The zero-order valence-electron chi connectivity index (χ0n) is 14.1. The van der Waals surface area contributed by atoms with Crippen LogP contribution in [0.1, 0.15) is 47.0 Å². The highest BCUT2D eigenvalue weighted by Gasteiger charge is 2.50. The SMILES string of the molecule is CC(C)O[C@@H]1C[C@@H](NC(=O)N2CCC(C(N)=O)CC2)C1(C)C. The third kappa shape index (κ3) is 3.54. The zero-order valence-corrected chi connectivity index (χ0v) is 14.1. The van der Waals surface area contributed by atoms with Crippen molar-refractivity contribution in [2.45, 2.75) is 65.2 Å². The van der Waals surface area contributed by atoms with Crippen LogP contribution in [0.3, 0.4) is 0 Å². The number of ether oxygens (including phenoxy) is 1. The van der Waals surface area contributed by atoms with Crippen molar-refractivity contribution in [3.05, 3.63) is 0 Å². The number of nitrogens with one attached hydrogen (secondary N) is 1. The van der Waals surface area contributed by atoms with Crippen molar-refractivity contribution in [1.82, 2.24) is 10.2 Å². The van der Waals surface area contributed by atoms with Gasteiger partial charge in [0, 0.05) is 30.5 Å². The molecular weight excluding hydrogens is 282 g/mol. The molecule has 1 heterocycles. The molecule has 3 amide bonds. The van der Waals surface area contributed by atoms with Gasteiger partial charge in [-0.1, -0.05) is 13.8 Å². The number of rotatable bonds is 4. The number of hydrogen-bond acceptors (Lipinski definition) is 3. The van der Waals surface area contributed by atoms with E-state index in [9.17, 15) is 9.59 Å². The van der Waals surface area contributed by atoms with Gasteiger partial charge in [0.15, 0.2) is 0 Å². The molecule has 126 valence electrons. The topological polar surface area (TPSA) is 84.7 Å². The van der Waals surface area contributed by atoms with Crippen LogP contribution in [0, 0.1) is 11.3 Å². The fourth-order valence-corrected chi connectivity index (χ4v) is 3.30. The third-order valence-electron chi connectivity index (χ3n) is 5.10. The molecule has 0 aromatic heterocycles. The van der Waals surface area contributed by atoms with E-state index in [4.69, 9.17) is 10.5 Å².